The van der Waals surface area contributed by atoms with Crippen LogP contribution in [0.4, 0.5) is 0 Å². The summed E-state index contributed by atoms with van der Waals surface area (Å²) in [5.41, 5.74) is -0.0353. The quantitative estimate of drug-likeness (QED) is 0.721. The number of piperidine rings is 1. The lowest BCUT2D eigenvalue weighted by Crippen LogP contribution is -2.55. The Hall–Kier alpha value is -0.610. The van der Waals surface area contributed by atoms with Crippen LogP contribution < -0.4 is 10.6 Å². The normalized spacial score (nSPS) is 30.6. The highest BCUT2D eigenvalue weighted by Crippen LogP contribution is 2.32. The predicted octanol–water partition coefficient (Wildman–Crippen LogP) is 1.82. The molecule has 1 amide bonds. The summed E-state index contributed by atoms with van der Waals surface area (Å²) in [5, 5.41) is 15.6. The number of fused-ring (bicyclic) bond motifs is 1. The van der Waals surface area contributed by atoms with Gasteiger partial charge in [-0.1, -0.05) is 26.7 Å². The van der Waals surface area contributed by atoms with E-state index in [4.69, 9.17) is 5.11 Å². The van der Waals surface area contributed by atoms with Gasteiger partial charge in [-0.15, -0.1) is 0 Å². The molecular formula is C16H30N2O2. The van der Waals surface area contributed by atoms with E-state index in [0.29, 0.717) is 12.6 Å². The van der Waals surface area contributed by atoms with Gasteiger partial charge in [0.15, 0.2) is 0 Å². The Morgan fingerprint density at radius 3 is 2.75 bits per heavy atom. The molecule has 3 atom stereocenters. The van der Waals surface area contributed by atoms with Crippen LogP contribution in [0.25, 0.3) is 0 Å². The number of hydrogen-bond donors (Lipinski definition) is 3. The number of amides is 1. The van der Waals surface area contributed by atoms with Crippen molar-refractivity contribution in [2.24, 2.45) is 11.3 Å². The van der Waals surface area contributed by atoms with Crippen LogP contribution in [0, 0.1) is 11.3 Å². The summed E-state index contributed by atoms with van der Waals surface area (Å²) in [6, 6.07) is 0.540. The van der Waals surface area contributed by atoms with Gasteiger partial charge in [-0.25, -0.2) is 0 Å². The molecule has 0 aromatic heterocycles. The summed E-state index contributed by atoms with van der Waals surface area (Å²) >= 11 is 0. The van der Waals surface area contributed by atoms with Gasteiger partial charge in [0, 0.05) is 19.2 Å². The smallest absolute Gasteiger partial charge is 0.237 e. The molecule has 20 heavy (non-hydrogen) atoms. The molecule has 3 N–H and O–H groups in total. The number of aliphatic hydroxyl groups excluding tert-OH is 1. The Morgan fingerprint density at radius 2 is 2.00 bits per heavy atom. The monoisotopic (exact) mass is 282 g/mol. The second kappa shape index (κ2) is 6.90. The molecule has 0 spiro atoms. The largest absolute Gasteiger partial charge is 0.396 e. The Bertz CT molecular complexity index is 330. The third-order valence-electron chi connectivity index (χ3n) is 5.00. The van der Waals surface area contributed by atoms with Crippen molar-refractivity contribution < 1.29 is 9.90 Å². The molecule has 0 aromatic carbocycles. The molecule has 1 saturated carbocycles. The van der Waals surface area contributed by atoms with E-state index in [1.807, 2.05) is 0 Å². The Labute approximate surface area is 122 Å². The number of nitrogens with one attached hydrogen (secondary N) is 2. The van der Waals surface area contributed by atoms with Crippen LogP contribution >= 0.6 is 0 Å². The third-order valence-corrected chi connectivity index (χ3v) is 5.00. The van der Waals surface area contributed by atoms with Crippen molar-refractivity contribution in [2.75, 3.05) is 13.2 Å². The molecule has 4 heteroatoms. The van der Waals surface area contributed by atoms with Gasteiger partial charge in [0.2, 0.25) is 5.91 Å². The second-order valence-electron chi connectivity index (χ2n) is 7.30. The first kappa shape index (κ1) is 15.8. The van der Waals surface area contributed by atoms with Crippen molar-refractivity contribution in [1.29, 1.82) is 0 Å². The minimum atomic E-state index is -0.0353. The van der Waals surface area contributed by atoms with Gasteiger partial charge in [0.1, 0.15) is 0 Å². The second-order valence-corrected chi connectivity index (χ2v) is 7.30. The molecule has 0 radical (unpaired) electrons. The summed E-state index contributed by atoms with van der Waals surface area (Å²) < 4.78 is 0. The lowest BCUT2D eigenvalue weighted by atomic mass is 9.77. The van der Waals surface area contributed by atoms with Gasteiger partial charge in [-0.3, -0.25) is 4.79 Å². The molecule has 1 heterocycles. The zero-order chi connectivity index (χ0) is 14.6. The lowest BCUT2D eigenvalue weighted by molar-refractivity contribution is -0.125. The lowest BCUT2D eigenvalue weighted by Gasteiger charge is -2.40. The van der Waals surface area contributed by atoms with Gasteiger partial charge < -0.3 is 15.7 Å². The molecule has 1 aliphatic carbocycles. The van der Waals surface area contributed by atoms with Gasteiger partial charge in [-0.2, -0.15) is 0 Å². The molecule has 0 aromatic rings. The molecule has 2 fully saturated rings. The maximum Gasteiger partial charge on any atom is 0.237 e. The van der Waals surface area contributed by atoms with E-state index in [2.05, 4.69) is 24.5 Å². The highest BCUT2D eigenvalue weighted by atomic mass is 16.3. The van der Waals surface area contributed by atoms with Gasteiger partial charge in [-0.05, 0) is 43.4 Å². The summed E-state index contributed by atoms with van der Waals surface area (Å²) in [4.78, 5) is 12.3. The van der Waals surface area contributed by atoms with Crippen LogP contribution in [-0.4, -0.2) is 36.2 Å². The number of aliphatic hydroxyl groups is 1. The number of hydrogen-bond acceptors (Lipinski definition) is 3. The Kier molecular flexibility index (Phi) is 5.44. The summed E-state index contributed by atoms with van der Waals surface area (Å²) in [7, 11) is 0. The SMILES string of the molecule is CC(C)(CCO)CNC(=O)C1CCC2CCCCC2N1. The van der Waals surface area contributed by atoms with Gasteiger partial charge >= 0.3 is 0 Å². The highest BCUT2D eigenvalue weighted by Gasteiger charge is 2.34. The molecule has 1 aliphatic heterocycles. The third kappa shape index (κ3) is 4.19. The fourth-order valence-electron chi connectivity index (χ4n) is 3.54. The number of carbonyl (C=O) groups is 1. The average molecular weight is 282 g/mol. The van der Waals surface area contributed by atoms with E-state index in [1.54, 1.807) is 0 Å². The standard InChI is InChI=1S/C16H30N2O2/c1-16(2,9-10-19)11-17-15(20)14-8-7-12-5-3-4-6-13(12)18-14/h12-14,18-19H,3-11H2,1-2H3,(H,17,20). The summed E-state index contributed by atoms with van der Waals surface area (Å²) in [6.45, 7) is 4.97. The van der Waals surface area contributed by atoms with E-state index < -0.39 is 0 Å². The Morgan fingerprint density at radius 1 is 1.25 bits per heavy atom. The van der Waals surface area contributed by atoms with Crippen LogP contribution in [0.3, 0.4) is 0 Å². The number of carbonyl (C=O) groups excluding carboxylic acids is 1. The van der Waals surface area contributed by atoms with Crippen LogP contribution in [0.2, 0.25) is 0 Å². The molecule has 4 nitrogen and oxygen atoms in total. The van der Waals surface area contributed by atoms with Crippen LogP contribution in [-0.2, 0) is 4.79 Å². The van der Waals surface area contributed by atoms with E-state index in [1.165, 1.54) is 32.1 Å². The molecule has 3 unspecified atom stereocenters. The zero-order valence-corrected chi connectivity index (χ0v) is 13.0. The molecular weight excluding hydrogens is 252 g/mol. The van der Waals surface area contributed by atoms with Crippen molar-refractivity contribution in [3.05, 3.63) is 0 Å². The van der Waals surface area contributed by atoms with E-state index >= 15 is 0 Å². The maximum atomic E-state index is 12.3. The zero-order valence-electron chi connectivity index (χ0n) is 13.0. The maximum absolute atomic E-state index is 12.3. The first-order valence-corrected chi connectivity index (χ1v) is 8.16. The van der Waals surface area contributed by atoms with Crippen LogP contribution in [0.1, 0.15) is 58.8 Å². The predicted molar refractivity (Wildman–Crippen MR) is 80.4 cm³/mol. The summed E-state index contributed by atoms with van der Waals surface area (Å²) in [5.74, 6) is 0.929. The fraction of sp³-hybridized carbons (Fsp3) is 0.938. The van der Waals surface area contributed by atoms with Gasteiger partial charge in [0.05, 0.1) is 6.04 Å². The first-order chi connectivity index (χ1) is 9.52. The average Bonchev–Trinajstić information content (AvgIpc) is 2.44. The first-order valence-electron chi connectivity index (χ1n) is 8.16. The van der Waals surface area contributed by atoms with Crippen molar-refractivity contribution in [3.8, 4) is 0 Å². The van der Waals surface area contributed by atoms with Crippen molar-refractivity contribution >= 4 is 5.91 Å². The van der Waals surface area contributed by atoms with Crippen LogP contribution in [0.15, 0.2) is 0 Å². The van der Waals surface area contributed by atoms with Crippen molar-refractivity contribution in [1.82, 2.24) is 10.6 Å². The molecule has 2 rings (SSSR count). The van der Waals surface area contributed by atoms with E-state index in [0.717, 1.165) is 18.8 Å². The van der Waals surface area contributed by atoms with Crippen molar-refractivity contribution in [3.63, 3.8) is 0 Å². The van der Waals surface area contributed by atoms with E-state index in [-0.39, 0.29) is 24.0 Å². The van der Waals surface area contributed by atoms with Gasteiger partial charge in [0.25, 0.3) is 0 Å². The molecule has 2 aliphatic rings. The van der Waals surface area contributed by atoms with Crippen LogP contribution in [0.5, 0.6) is 0 Å². The van der Waals surface area contributed by atoms with E-state index in [9.17, 15) is 4.79 Å². The number of rotatable bonds is 5. The van der Waals surface area contributed by atoms with Crippen molar-refractivity contribution in [2.45, 2.75) is 70.9 Å². The topological polar surface area (TPSA) is 61.4 Å². The minimum Gasteiger partial charge on any atom is -0.396 e. The molecule has 1 saturated heterocycles. The molecule has 116 valence electrons. The Balaban J connectivity index is 1.78. The fourth-order valence-corrected chi connectivity index (χ4v) is 3.54. The highest BCUT2D eigenvalue weighted by molar-refractivity contribution is 5.81. The minimum absolute atomic E-state index is 0.0146. The molecule has 0 bridgehead atoms. The summed E-state index contributed by atoms with van der Waals surface area (Å²) in [6.07, 6.45) is 8.08.